The average Bonchev–Trinajstić information content (AvgIpc) is 2.15. The predicted octanol–water partition coefficient (Wildman–Crippen LogP) is 1.62. The fraction of sp³-hybridized carbons (Fsp3) is 0.889. The fourth-order valence-electron chi connectivity index (χ4n) is 0.943. The van der Waals surface area contributed by atoms with E-state index in [0.717, 1.165) is 0 Å². The van der Waals surface area contributed by atoms with E-state index in [4.69, 9.17) is 10.3 Å². The van der Waals surface area contributed by atoms with Gasteiger partial charge in [0.2, 0.25) is 5.91 Å². The van der Waals surface area contributed by atoms with Crippen molar-refractivity contribution in [1.82, 2.24) is 5.32 Å². The van der Waals surface area contributed by atoms with E-state index in [9.17, 15) is 4.79 Å². The lowest BCUT2D eigenvalue weighted by atomic mass is 10.3. The Morgan fingerprint density at radius 1 is 1.53 bits per heavy atom. The van der Waals surface area contributed by atoms with Crippen molar-refractivity contribution < 1.29 is 9.53 Å². The van der Waals surface area contributed by atoms with E-state index in [-0.39, 0.29) is 11.9 Å². The molecule has 0 radical (unpaired) electrons. The smallest absolute Gasteiger partial charge is 0.222 e. The highest BCUT2D eigenvalue weighted by Gasteiger charge is 2.01. The summed E-state index contributed by atoms with van der Waals surface area (Å²) in [7, 11) is 0. The Kier molecular flexibility index (Phi) is 8.52. The first kappa shape index (κ1) is 13.7. The molecule has 1 amide bonds. The van der Waals surface area contributed by atoms with Gasteiger partial charge in [-0.05, 0) is 25.8 Å². The van der Waals surface area contributed by atoms with Gasteiger partial charge in [0, 0.05) is 30.5 Å². The average molecular weight is 214 g/mol. The number of carbonyl (C=O) groups is 1. The van der Waals surface area contributed by atoms with Crippen molar-refractivity contribution in [1.29, 1.82) is 0 Å². The first-order valence-electron chi connectivity index (χ1n) is 5.04. The van der Waals surface area contributed by atoms with Gasteiger partial charge in [0.1, 0.15) is 0 Å². The molecule has 0 aliphatic carbocycles. The third-order valence-corrected chi connectivity index (χ3v) is 1.53. The topological polar surface area (TPSA) is 87.1 Å². The summed E-state index contributed by atoms with van der Waals surface area (Å²) >= 11 is 0. The highest BCUT2D eigenvalue weighted by atomic mass is 16.5. The number of hydrogen-bond donors (Lipinski definition) is 1. The first-order chi connectivity index (χ1) is 7.16. The largest absolute Gasteiger partial charge is 0.381 e. The minimum Gasteiger partial charge on any atom is -0.381 e. The molecule has 6 nitrogen and oxygen atoms in total. The van der Waals surface area contributed by atoms with Crippen molar-refractivity contribution in [3.8, 4) is 0 Å². The van der Waals surface area contributed by atoms with Crippen molar-refractivity contribution >= 4 is 5.91 Å². The summed E-state index contributed by atoms with van der Waals surface area (Å²) in [6, 6.07) is 0.169. The summed E-state index contributed by atoms with van der Waals surface area (Å²) in [5.74, 6) is 0.0000423. The quantitative estimate of drug-likeness (QED) is 0.288. The summed E-state index contributed by atoms with van der Waals surface area (Å²) in [5.41, 5.74) is 7.99. The van der Waals surface area contributed by atoms with E-state index in [1.807, 2.05) is 13.8 Å². The third kappa shape index (κ3) is 10.7. The molecule has 86 valence electrons. The molecule has 0 aromatic heterocycles. The van der Waals surface area contributed by atoms with E-state index < -0.39 is 0 Å². The number of amides is 1. The lowest BCUT2D eigenvalue weighted by molar-refractivity contribution is -0.122. The summed E-state index contributed by atoms with van der Waals surface area (Å²) in [6.45, 7) is 5.20. The highest BCUT2D eigenvalue weighted by molar-refractivity contribution is 5.76. The number of ether oxygens (including phenoxy) is 1. The van der Waals surface area contributed by atoms with Crippen LogP contribution in [-0.4, -0.2) is 31.7 Å². The zero-order valence-corrected chi connectivity index (χ0v) is 9.27. The van der Waals surface area contributed by atoms with Gasteiger partial charge in [0.05, 0.1) is 6.61 Å². The fourth-order valence-corrected chi connectivity index (χ4v) is 0.943. The van der Waals surface area contributed by atoms with Gasteiger partial charge in [-0.15, -0.1) is 0 Å². The molecule has 1 N–H and O–H groups in total. The molecule has 0 aromatic rings. The van der Waals surface area contributed by atoms with Gasteiger partial charge in [-0.1, -0.05) is 5.11 Å². The second kappa shape index (κ2) is 9.30. The molecule has 0 saturated carbocycles. The molecular weight excluding hydrogens is 196 g/mol. The summed E-state index contributed by atoms with van der Waals surface area (Å²) < 4.78 is 5.19. The van der Waals surface area contributed by atoms with E-state index in [0.29, 0.717) is 32.6 Å². The molecule has 15 heavy (non-hydrogen) atoms. The molecule has 0 rings (SSSR count). The molecule has 0 unspecified atom stereocenters. The van der Waals surface area contributed by atoms with Crippen LogP contribution >= 0.6 is 0 Å². The van der Waals surface area contributed by atoms with Crippen molar-refractivity contribution in [3.05, 3.63) is 10.4 Å². The van der Waals surface area contributed by atoms with Crippen LogP contribution in [0.4, 0.5) is 0 Å². The van der Waals surface area contributed by atoms with Gasteiger partial charge in [-0.3, -0.25) is 4.79 Å². The minimum absolute atomic E-state index is 0.0000423. The van der Waals surface area contributed by atoms with Crippen molar-refractivity contribution in [2.45, 2.75) is 32.7 Å². The Morgan fingerprint density at radius 2 is 2.27 bits per heavy atom. The Hall–Kier alpha value is -1.26. The van der Waals surface area contributed by atoms with Crippen LogP contribution in [0, 0.1) is 0 Å². The van der Waals surface area contributed by atoms with E-state index in [1.165, 1.54) is 0 Å². The summed E-state index contributed by atoms with van der Waals surface area (Å²) in [5, 5.41) is 6.13. The SMILES string of the molecule is CC(C)NC(=O)CCOCCCN=[N+]=[N-]. The van der Waals surface area contributed by atoms with E-state index >= 15 is 0 Å². The van der Waals surface area contributed by atoms with Gasteiger partial charge < -0.3 is 10.1 Å². The van der Waals surface area contributed by atoms with Crippen LogP contribution in [0.5, 0.6) is 0 Å². The van der Waals surface area contributed by atoms with E-state index in [1.54, 1.807) is 0 Å². The van der Waals surface area contributed by atoms with Crippen LogP contribution in [0.3, 0.4) is 0 Å². The number of nitrogens with zero attached hydrogens (tertiary/aromatic N) is 3. The second-order valence-electron chi connectivity index (χ2n) is 3.39. The highest BCUT2D eigenvalue weighted by Crippen LogP contribution is 1.89. The van der Waals surface area contributed by atoms with Crippen LogP contribution in [0.15, 0.2) is 5.11 Å². The number of rotatable bonds is 8. The Morgan fingerprint density at radius 3 is 2.87 bits per heavy atom. The zero-order valence-electron chi connectivity index (χ0n) is 9.27. The zero-order chi connectivity index (χ0) is 11.5. The molecule has 0 heterocycles. The molecule has 0 aliphatic heterocycles. The van der Waals surface area contributed by atoms with Crippen molar-refractivity contribution in [2.24, 2.45) is 5.11 Å². The van der Waals surface area contributed by atoms with Gasteiger partial charge in [0.25, 0.3) is 0 Å². The molecule has 0 fully saturated rings. The maximum Gasteiger partial charge on any atom is 0.222 e. The molecule has 0 saturated heterocycles. The van der Waals surface area contributed by atoms with Crippen molar-refractivity contribution in [2.75, 3.05) is 19.8 Å². The Bertz CT molecular complexity index is 224. The number of azide groups is 1. The normalized spacial score (nSPS) is 9.80. The lowest BCUT2D eigenvalue weighted by Crippen LogP contribution is -2.30. The Labute approximate surface area is 89.6 Å². The molecule has 0 aromatic carbocycles. The van der Waals surface area contributed by atoms with Gasteiger partial charge in [-0.2, -0.15) is 0 Å². The standard InChI is InChI=1S/C9H18N4O2/c1-8(2)12-9(14)4-7-15-6-3-5-11-13-10/h8H,3-7H2,1-2H3,(H,12,14). The summed E-state index contributed by atoms with van der Waals surface area (Å²) in [4.78, 5) is 13.8. The maximum absolute atomic E-state index is 11.1. The van der Waals surface area contributed by atoms with Crippen LogP contribution in [0.1, 0.15) is 26.7 Å². The summed E-state index contributed by atoms with van der Waals surface area (Å²) in [6.07, 6.45) is 1.07. The number of carbonyl (C=O) groups excluding carboxylic acids is 1. The van der Waals surface area contributed by atoms with Crippen LogP contribution in [-0.2, 0) is 9.53 Å². The third-order valence-electron chi connectivity index (χ3n) is 1.53. The van der Waals surface area contributed by atoms with Gasteiger partial charge in [0.15, 0.2) is 0 Å². The number of hydrogen-bond acceptors (Lipinski definition) is 3. The predicted molar refractivity (Wildman–Crippen MR) is 57.3 cm³/mol. The monoisotopic (exact) mass is 214 g/mol. The molecule has 6 heteroatoms. The minimum atomic E-state index is 0.0000423. The molecule has 0 atom stereocenters. The molecule has 0 bridgehead atoms. The van der Waals surface area contributed by atoms with Gasteiger partial charge >= 0.3 is 0 Å². The maximum atomic E-state index is 11.1. The van der Waals surface area contributed by atoms with Gasteiger partial charge in [-0.25, -0.2) is 0 Å². The molecular formula is C9H18N4O2. The van der Waals surface area contributed by atoms with E-state index in [2.05, 4.69) is 15.3 Å². The van der Waals surface area contributed by atoms with Crippen LogP contribution < -0.4 is 5.32 Å². The van der Waals surface area contributed by atoms with Crippen LogP contribution in [0.25, 0.3) is 10.4 Å². The molecule has 0 aliphatic rings. The molecule has 0 spiro atoms. The second-order valence-corrected chi connectivity index (χ2v) is 3.39. The Balaban J connectivity index is 3.23. The van der Waals surface area contributed by atoms with Crippen molar-refractivity contribution in [3.63, 3.8) is 0 Å². The number of nitrogens with one attached hydrogen (secondary N) is 1. The first-order valence-corrected chi connectivity index (χ1v) is 5.04. The van der Waals surface area contributed by atoms with Crippen LogP contribution in [0.2, 0.25) is 0 Å². The lowest BCUT2D eigenvalue weighted by Gasteiger charge is -2.08.